The molecule has 2 unspecified atom stereocenters. The highest BCUT2D eigenvalue weighted by atomic mass is 16.6. The zero-order valence-electron chi connectivity index (χ0n) is 16.4. The summed E-state index contributed by atoms with van der Waals surface area (Å²) in [6, 6.07) is 2.14. The second-order valence-electron chi connectivity index (χ2n) is 8.48. The Bertz CT molecular complexity index is 1130. The number of rotatable bonds is 2. The van der Waals surface area contributed by atoms with E-state index in [2.05, 4.69) is 0 Å². The number of nitrogens with zero attached hydrogens (tertiary/aromatic N) is 1. The lowest BCUT2D eigenvalue weighted by molar-refractivity contribution is -0.124. The summed E-state index contributed by atoms with van der Waals surface area (Å²) in [5.74, 6) is -3.58. The lowest BCUT2D eigenvalue weighted by Gasteiger charge is -2.39. The summed E-state index contributed by atoms with van der Waals surface area (Å²) in [7, 11) is 3.70. The third kappa shape index (κ3) is 2.02. The van der Waals surface area contributed by atoms with Crippen molar-refractivity contribution in [2.24, 2.45) is 23.3 Å². The Morgan fingerprint density at radius 2 is 1.97 bits per heavy atom. The molecule has 0 bridgehead atoms. The van der Waals surface area contributed by atoms with E-state index in [1.807, 2.05) is 19.0 Å². The first-order valence-electron chi connectivity index (χ1n) is 9.65. The minimum atomic E-state index is -1.47. The number of carbonyl (C=O) groups excluding carboxylic acids is 3. The van der Waals surface area contributed by atoms with Gasteiger partial charge in [-0.25, -0.2) is 0 Å². The maximum Gasteiger partial charge on any atom is 0.255 e. The van der Waals surface area contributed by atoms with Crippen LogP contribution in [0, 0.1) is 11.8 Å². The van der Waals surface area contributed by atoms with Gasteiger partial charge in [-0.15, -0.1) is 0 Å². The molecule has 1 aromatic carbocycles. The van der Waals surface area contributed by atoms with Crippen LogP contribution in [0.4, 0.5) is 5.69 Å². The van der Waals surface area contributed by atoms with Gasteiger partial charge in [0.1, 0.15) is 11.3 Å². The Kier molecular flexibility index (Phi) is 3.51. The first kappa shape index (κ1) is 18.7. The normalized spacial score (nSPS) is 31.4. The predicted octanol–water partition coefficient (Wildman–Crippen LogP) is 0.0636. The molecule has 1 saturated heterocycles. The van der Waals surface area contributed by atoms with Crippen LogP contribution in [0.25, 0.3) is 0 Å². The number of amides is 1. The van der Waals surface area contributed by atoms with Gasteiger partial charge in [-0.2, -0.15) is 0 Å². The quantitative estimate of drug-likeness (QED) is 0.393. The molecule has 1 aliphatic heterocycles. The van der Waals surface area contributed by atoms with E-state index in [1.54, 1.807) is 6.07 Å². The molecule has 6 N–H and O–H groups in total. The van der Waals surface area contributed by atoms with E-state index < -0.39 is 40.6 Å². The Labute approximate surface area is 171 Å². The highest BCUT2D eigenvalue weighted by Crippen LogP contribution is 2.64. The Morgan fingerprint density at radius 1 is 1.27 bits per heavy atom. The summed E-state index contributed by atoms with van der Waals surface area (Å²) in [5.41, 5.74) is 11.5. The number of fused-ring (bicyclic) bond motifs is 2. The van der Waals surface area contributed by atoms with Gasteiger partial charge in [-0.1, -0.05) is 0 Å². The summed E-state index contributed by atoms with van der Waals surface area (Å²) in [6.07, 6.45) is 0.765. The van der Waals surface area contributed by atoms with Crippen molar-refractivity contribution in [3.05, 3.63) is 45.9 Å². The number of aliphatic hydroxyl groups is 1. The Balaban J connectivity index is 1.72. The fraction of sp³-hybridized carbons (Fsp3) is 0.381. The van der Waals surface area contributed by atoms with Crippen molar-refractivity contribution in [2.75, 3.05) is 19.0 Å². The lowest BCUT2D eigenvalue weighted by Crippen LogP contribution is -2.55. The second-order valence-corrected chi connectivity index (χ2v) is 8.48. The number of ketones is 2. The average molecular weight is 411 g/mol. The molecule has 0 aromatic heterocycles. The van der Waals surface area contributed by atoms with Crippen LogP contribution < -0.4 is 16.4 Å². The number of nitrogens with two attached hydrogens (primary N) is 2. The summed E-state index contributed by atoms with van der Waals surface area (Å²) >= 11 is 0. The van der Waals surface area contributed by atoms with Crippen LogP contribution in [0.15, 0.2) is 34.8 Å². The monoisotopic (exact) mass is 411 g/mol. The number of benzene rings is 1. The molecule has 156 valence electrons. The van der Waals surface area contributed by atoms with Crippen molar-refractivity contribution in [2.45, 2.75) is 24.5 Å². The fourth-order valence-corrected chi connectivity index (χ4v) is 5.39. The van der Waals surface area contributed by atoms with Gasteiger partial charge in [0.2, 0.25) is 5.60 Å². The molecule has 30 heavy (non-hydrogen) atoms. The van der Waals surface area contributed by atoms with Crippen molar-refractivity contribution < 1.29 is 29.3 Å². The summed E-state index contributed by atoms with van der Waals surface area (Å²) < 4.78 is 5.77. The van der Waals surface area contributed by atoms with Crippen LogP contribution in [0.1, 0.15) is 22.3 Å². The van der Waals surface area contributed by atoms with Crippen molar-refractivity contribution >= 4 is 23.2 Å². The van der Waals surface area contributed by atoms with E-state index in [-0.39, 0.29) is 28.8 Å². The van der Waals surface area contributed by atoms with Crippen LogP contribution in [-0.4, -0.2) is 53.4 Å². The summed E-state index contributed by atoms with van der Waals surface area (Å²) in [5, 5.41) is 21.2. The number of hydrogen-bond acceptors (Lipinski definition) is 8. The highest BCUT2D eigenvalue weighted by Gasteiger charge is 2.73. The van der Waals surface area contributed by atoms with E-state index in [9.17, 15) is 24.6 Å². The number of hydrogen-bond donors (Lipinski definition) is 4. The van der Waals surface area contributed by atoms with Gasteiger partial charge in [0, 0.05) is 31.3 Å². The zero-order valence-corrected chi connectivity index (χ0v) is 16.4. The van der Waals surface area contributed by atoms with Crippen LogP contribution in [-0.2, 0) is 20.7 Å². The largest absolute Gasteiger partial charge is 0.507 e. The Hall–Kier alpha value is -3.33. The Morgan fingerprint density at radius 3 is 2.60 bits per heavy atom. The first-order chi connectivity index (χ1) is 14.1. The van der Waals surface area contributed by atoms with E-state index in [4.69, 9.17) is 16.2 Å². The van der Waals surface area contributed by atoms with Gasteiger partial charge in [-0.05, 0) is 36.5 Å². The third-order valence-electron chi connectivity index (χ3n) is 6.76. The second kappa shape index (κ2) is 5.63. The lowest BCUT2D eigenvalue weighted by atomic mass is 9.62. The predicted molar refractivity (Wildman–Crippen MR) is 105 cm³/mol. The van der Waals surface area contributed by atoms with Crippen LogP contribution >= 0.6 is 0 Å². The molecule has 1 spiro atoms. The van der Waals surface area contributed by atoms with Gasteiger partial charge in [0.05, 0.1) is 11.6 Å². The first-order valence-corrected chi connectivity index (χ1v) is 9.65. The molecule has 1 fully saturated rings. The number of aromatic hydroxyl groups is 1. The summed E-state index contributed by atoms with van der Waals surface area (Å²) in [4.78, 5) is 39.6. The van der Waals surface area contributed by atoms with Gasteiger partial charge in [-0.3, -0.25) is 14.4 Å². The number of carbonyl (C=O) groups is 3. The molecule has 1 heterocycles. The van der Waals surface area contributed by atoms with E-state index in [1.165, 1.54) is 6.07 Å². The highest BCUT2D eigenvalue weighted by molar-refractivity contribution is 6.22. The maximum absolute atomic E-state index is 13.4. The molecule has 4 atom stereocenters. The standard InChI is InChI=1S/C21H21N3O6/c1-24(2)10-3-4-11(25)13-8(10)5-7-6-9-15(22)17(27)14(20(23)29)18(28)21(9)19(30-21)12(7)16(13)26/h3-4,7,9,15,25,28H,5-6,22H2,1-2H3,(H2,23,29)/t7?,9-,15?,21+/m0/s1. The molecule has 3 aliphatic carbocycles. The average Bonchev–Trinajstić information content (AvgIpc) is 3.41. The smallest absolute Gasteiger partial charge is 0.255 e. The minimum absolute atomic E-state index is 0.128. The number of phenolic OH excluding ortho intramolecular Hbond substituents is 1. The molecule has 0 saturated carbocycles. The maximum atomic E-state index is 13.4. The number of aliphatic hydroxyl groups excluding tert-OH is 1. The molecule has 1 aromatic rings. The SMILES string of the molecule is CN(C)c1ccc(O)c2c1CC1C[C@H]3C(N)C(=O)C(C(N)=O)=C(O)[C@]34OC4=C1C2=O. The number of primary amides is 1. The number of ether oxygens (including phenoxy) is 1. The zero-order chi connectivity index (χ0) is 21.7. The number of allylic oxidation sites excluding steroid dienone is 1. The van der Waals surface area contributed by atoms with Crippen molar-refractivity contribution in [1.29, 1.82) is 0 Å². The molecular formula is C21H21N3O6. The van der Waals surface area contributed by atoms with E-state index >= 15 is 0 Å². The van der Waals surface area contributed by atoms with Crippen LogP contribution in [0.2, 0.25) is 0 Å². The summed E-state index contributed by atoms with van der Waals surface area (Å²) in [6.45, 7) is 0. The third-order valence-corrected chi connectivity index (χ3v) is 6.76. The molecule has 5 rings (SSSR count). The van der Waals surface area contributed by atoms with Gasteiger partial charge < -0.3 is 31.3 Å². The van der Waals surface area contributed by atoms with Crippen molar-refractivity contribution in [3.63, 3.8) is 0 Å². The van der Waals surface area contributed by atoms with Crippen LogP contribution in [0.5, 0.6) is 5.75 Å². The topological polar surface area (TPSA) is 159 Å². The van der Waals surface area contributed by atoms with Gasteiger partial charge in [0.25, 0.3) is 5.91 Å². The van der Waals surface area contributed by atoms with Gasteiger partial charge >= 0.3 is 0 Å². The number of Topliss-reactive ketones (excluding diaryl/α,β-unsaturated/α-hetero) is 2. The molecule has 9 heteroatoms. The number of epoxide rings is 1. The van der Waals surface area contributed by atoms with E-state index in [0.29, 0.717) is 18.4 Å². The molecule has 9 nitrogen and oxygen atoms in total. The number of phenols is 1. The molecular weight excluding hydrogens is 390 g/mol. The molecule has 1 amide bonds. The van der Waals surface area contributed by atoms with Crippen molar-refractivity contribution in [3.8, 4) is 5.75 Å². The fourth-order valence-electron chi connectivity index (χ4n) is 5.39. The molecule has 0 radical (unpaired) electrons. The van der Waals surface area contributed by atoms with Gasteiger partial charge in [0.15, 0.2) is 23.1 Å². The number of anilines is 1. The van der Waals surface area contributed by atoms with Crippen molar-refractivity contribution in [1.82, 2.24) is 0 Å². The minimum Gasteiger partial charge on any atom is -0.507 e. The molecule has 4 aliphatic rings. The van der Waals surface area contributed by atoms with E-state index in [0.717, 1.165) is 11.3 Å². The van der Waals surface area contributed by atoms with Crippen LogP contribution in [0.3, 0.4) is 0 Å².